The number of hydrogen-bond acceptors (Lipinski definition) is 5. The zero-order chi connectivity index (χ0) is 11.1. The normalized spacial score (nSPS) is 18.9. The lowest BCUT2D eigenvalue weighted by Gasteiger charge is -1.98. The molecular formula is C10H14O5. The summed E-state index contributed by atoms with van der Waals surface area (Å²) < 4.78 is 14.3. The summed E-state index contributed by atoms with van der Waals surface area (Å²) in [7, 11) is 0. The summed E-state index contributed by atoms with van der Waals surface area (Å²) in [5.41, 5.74) is 0. The molecule has 84 valence electrons. The van der Waals surface area contributed by atoms with E-state index in [0.29, 0.717) is 13.2 Å². The monoisotopic (exact) mass is 214 g/mol. The van der Waals surface area contributed by atoms with Crippen LogP contribution < -0.4 is 0 Å². The van der Waals surface area contributed by atoms with Crippen LogP contribution in [0.3, 0.4) is 0 Å². The Morgan fingerprint density at radius 3 is 2.47 bits per heavy atom. The van der Waals surface area contributed by atoms with Crippen molar-refractivity contribution in [2.75, 3.05) is 19.8 Å². The standard InChI is InChI=1S/C10H14O5/c1-2-5-13-9(11)3-4-10(12)15-7-8-6-14-8/h3-4,8H,2,5-7H2,1H3/b4-3+. The van der Waals surface area contributed by atoms with Crippen LogP contribution >= 0.6 is 0 Å². The number of rotatable bonds is 6. The summed E-state index contributed by atoms with van der Waals surface area (Å²) in [4.78, 5) is 21.9. The van der Waals surface area contributed by atoms with E-state index in [4.69, 9.17) is 14.2 Å². The summed E-state index contributed by atoms with van der Waals surface area (Å²) in [6, 6.07) is 0. The lowest BCUT2D eigenvalue weighted by molar-refractivity contribution is -0.140. The molecule has 0 amide bonds. The first-order valence-electron chi connectivity index (χ1n) is 4.85. The molecule has 1 rings (SSSR count). The molecule has 0 N–H and O–H groups in total. The Morgan fingerprint density at radius 2 is 1.93 bits per heavy atom. The predicted octanol–water partition coefficient (Wildman–Crippen LogP) is 0.438. The fourth-order valence-electron chi connectivity index (χ4n) is 0.774. The van der Waals surface area contributed by atoms with Gasteiger partial charge in [0.05, 0.1) is 13.2 Å². The molecule has 1 unspecified atom stereocenters. The molecule has 0 aromatic heterocycles. The van der Waals surface area contributed by atoms with Gasteiger partial charge in [-0.2, -0.15) is 0 Å². The van der Waals surface area contributed by atoms with Gasteiger partial charge in [0, 0.05) is 12.2 Å². The van der Waals surface area contributed by atoms with Gasteiger partial charge in [0.2, 0.25) is 0 Å². The van der Waals surface area contributed by atoms with Crippen molar-refractivity contribution in [3.05, 3.63) is 12.2 Å². The van der Waals surface area contributed by atoms with E-state index in [1.807, 2.05) is 6.92 Å². The third-order valence-electron chi connectivity index (χ3n) is 1.62. The molecule has 1 aliphatic heterocycles. The molecule has 0 aromatic carbocycles. The highest BCUT2D eigenvalue weighted by molar-refractivity contribution is 5.91. The summed E-state index contributed by atoms with van der Waals surface area (Å²) in [5.74, 6) is -1.09. The van der Waals surface area contributed by atoms with E-state index in [1.165, 1.54) is 0 Å². The number of carbonyl (C=O) groups is 2. The smallest absolute Gasteiger partial charge is 0.331 e. The molecule has 0 aliphatic carbocycles. The SMILES string of the molecule is CCCOC(=O)/C=C/C(=O)OCC1CO1. The van der Waals surface area contributed by atoms with Crippen LogP contribution in [0.2, 0.25) is 0 Å². The Kier molecular flexibility index (Phi) is 4.83. The van der Waals surface area contributed by atoms with Gasteiger partial charge in [-0.1, -0.05) is 6.92 Å². The highest BCUT2D eigenvalue weighted by Gasteiger charge is 2.23. The zero-order valence-corrected chi connectivity index (χ0v) is 8.60. The molecule has 1 fully saturated rings. The van der Waals surface area contributed by atoms with Crippen LogP contribution in [0.25, 0.3) is 0 Å². The molecule has 0 aromatic rings. The summed E-state index contributed by atoms with van der Waals surface area (Å²) in [5, 5.41) is 0. The molecule has 5 heteroatoms. The fraction of sp³-hybridized carbons (Fsp3) is 0.600. The summed E-state index contributed by atoms with van der Waals surface area (Å²) in [6.07, 6.45) is 2.91. The van der Waals surface area contributed by atoms with Gasteiger partial charge in [0.1, 0.15) is 12.7 Å². The summed E-state index contributed by atoms with van der Waals surface area (Å²) >= 11 is 0. The summed E-state index contributed by atoms with van der Waals surface area (Å²) in [6.45, 7) is 3.12. The van der Waals surface area contributed by atoms with Crippen molar-refractivity contribution in [1.29, 1.82) is 0 Å². The van der Waals surface area contributed by atoms with Crippen molar-refractivity contribution in [2.24, 2.45) is 0 Å². The number of carbonyl (C=O) groups excluding carboxylic acids is 2. The van der Waals surface area contributed by atoms with E-state index in [-0.39, 0.29) is 12.7 Å². The van der Waals surface area contributed by atoms with Crippen LogP contribution in [0.4, 0.5) is 0 Å². The van der Waals surface area contributed by atoms with E-state index in [1.54, 1.807) is 0 Å². The van der Waals surface area contributed by atoms with Crippen LogP contribution in [-0.4, -0.2) is 37.9 Å². The molecule has 1 atom stereocenters. The van der Waals surface area contributed by atoms with Crippen molar-refractivity contribution >= 4 is 11.9 Å². The number of hydrogen-bond donors (Lipinski definition) is 0. The van der Waals surface area contributed by atoms with Crippen LogP contribution in [0, 0.1) is 0 Å². The lowest BCUT2D eigenvalue weighted by Crippen LogP contribution is -2.08. The first kappa shape index (κ1) is 11.7. The number of esters is 2. The maximum Gasteiger partial charge on any atom is 0.331 e. The third kappa shape index (κ3) is 5.85. The molecule has 1 aliphatic rings. The average molecular weight is 214 g/mol. The Labute approximate surface area is 88.0 Å². The van der Waals surface area contributed by atoms with Crippen molar-refractivity contribution in [3.63, 3.8) is 0 Å². The molecule has 5 nitrogen and oxygen atoms in total. The predicted molar refractivity (Wildman–Crippen MR) is 51.1 cm³/mol. The molecule has 15 heavy (non-hydrogen) atoms. The van der Waals surface area contributed by atoms with Crippen molar-refractivity contribution < 1.29 is 23.8 Å². The quantitative estimate of drug-likeness (QED) is 0.364. The average Bonchev–Trinajstić information content (AvgIpc) is 3.04. The van der Waals surface area contributed by atoms with Crippen LogP contribution in [0.5, 0.6) is 0 Å². The second-order valence-corrected chi connectivity index (χ2v) is 3.09. The first-order valence-corrected chi connectivity index (χ1v) is 4.85. The van der Waals surface area contributed by atoms with E-state index >= 15 is 0 Å². The largest absolute Gasteiger partial charge is 0.463 e. The van der Waals surface area contributed by atoms with Crippen molar-refractivity contribution in [2.45, 2.75) is 19.4 Å². The second kappa shape index (κ2) is 6.19. The second-order valence-electron chi connectivity index (χ2n) is 3.09. The van der Waals surface area contributed by atoms with Gasteiger partial charge in [-0.25, -0.2) is 9.59 Å². The van der Waals surface area contributed by atoms with Gasteiger partial charge in [0.15, 0.2) is 0 Å². The van der Waals surface area contributed by atoms with Gasteiger partial charge >= 0.3 is 11.9 Å². The lowest BCUT2D eigenvalue weighted by atomic mass is 10.5. The highest BCUT2D eigenvalue weighted by Crippen LogP contribution is 2.08. The van der Waals surface area contributed by atoms with Crippen LogP contribution in [-0.2, 0) is 23.8 Å². The topological polar surface area (TPSA) is 65.1 Å². The first-order chi connectivity index (χ1) is 7.22. The Bertz CT molecular complexity index is 255. The molecule has 0 bridgehead atoms. The molecular weight excluding hydrogens is 200 g/mol. The minimum atomic E-state index is -0.557. The molecule has 0 saturated carbocycles. The highest BCUT2D eigenvalue weighted by atomic mass is 16.6. The van der Waals surface area contributed by atoms with Gasteiger partial charge in [0.25, 0.3) is 0 Å². The van der Waals surface area contributed by atoms with Crippen LogP contribution in [0.15, 0.2) is 12.2 Å². The number of ether oxygens (including phenoxy) is 3. The van der Waals surface area contributed by atoms with Crippen molar-refractivity contribution in [1.82, 2.24) is 0 Å². The van der Waals surface area contributed by atoms with E-state index < -0.39 is 11.9 Å². The number of epoxide rings is 1. The molecule has 1 saturated heterocycles. The Balaban J connectivity index is 2.11. The van der Waals surface area contributed by atoms with Gasteiger partial charge in [-0.15, -0.1) is 0 Å². The van der Waals surface area contributed by atoms with Gasteiger partial charge < -0.3 is 14.2 Å². The minimum absolute atomic E-state index is 0.0365. The maximum absolute atomic E-state index is 11.0. The molecule has 0 radical (unpaired) electrons. The molecule has 0 spiro atoms. The van der Waals surface area contributed by atoms with E-state index in [2.05, 4.69) is 0 Å². The van der Waals surface area contributed by atoms with Gasteiger partial charge in [-0.05, 0) is 6.42 Å². The third-order valence-corrected chi connectivity index (χ3v) is 1.62. The van der Waals surface area contributed by atoms with E-state index in [9.17, 15) is 9.59 Å². The Hall–Kier alpha value is -1.36. The van der Waals surface area contributed by atoms with E-state index in [0.717, 1.165) is 18.6 Å². The van der Waals surface area contributed by atoms with Crippen molar-refractivity contribution in [3.8, 4) is 0 Å². The zero-order valence-electron chi connectivity index (χ0n) is 8.60. The Morgan fingerprint density at radius 1 is 1.33 bits per heavy atom. The van der Waals surface area contributed by atoms with Crippen LogP contribution in [0.1, 0.15) is 13.3 Å². The minimum Gasteiger partial charge on any atom is -0.463 e. The fourth-order valence-corrected chi connectivity index (χ4v) is 0.774. The molecule has 1 heterocycles. The van der Waals surface area contributed by atoms with Gasteiger partial charge in [-0.3, -0.25) is 0 Å². The maximum atomic E-state index is 11.0.